The normalized spacial score (nSPS) is 15.1. The molecule has 0 amide bonds. The molecule has 1 aliphatic rings. The molecule has 0 unspecified atom stereocenters. The molecule has 0 saturated carbocycles. The lowest BCUT2D eigenvalue weighted by Gasteiger charge is -2.05. The van der Waals surface area contributed by atoms with Gasteiger partial charge < -0.3 is 4.42 Å². The molecule has 0 N–H and O–H groups in total. The van der Waals surface area contributed by atoms with Crippen molar-refractivity contribution in [3.05, 3.63) is 46.6 Å². The standard InChI is InChI=1S/C12H12O2S2/c1-2-4-9(12-15-7-8-16-12)11(13)10-5-3-6-14-10/h2-3,5-6H,1,4,7-8H2. The lowest BCUT2D eigenvalue weighted by Crippen LogP contribution is -2.02. The molecule has 0 atom stereocenters. The predicted molar refractivity (Wildman–Crippen MR) is 69.8 cm³/mol. The molecule has 2 rings (SSSR count). The molecule has 16 heavy (non-hydrogen) atoms. The van der Waals surface area contributed by atoms with Crippen LogP contribution in [0.4, 0.5) is 0 Å². The Morgan fingerprint density at radius 1 is 1.50 bits per heavy atom. The Morgan fingerprint density at radius 3 is 2.81 bits per heavy atom. The number of thioether (sulfide) groups is 2. The monoisotopic (exact) mass is 252 g/mol. The van der Waals surface area contributed by atoms with E-state index < -0.39 is 0 Å². The summed E-state index contributed by atoms with van der Waals surface area (Å²) in [5.41, 5.74) is 0.817. The first-order valence-corrected chi connectivity index (χ1v) is 6.98. The number of carbonyl (C=O) groups excluding carboxylic acids is 1. The molecule has 4 heteroatoms. The maximum Gasteiger partial charge on any atom is 0.226 e. The largest absolute Gasteiger partial charge is 0.461 e. The Hall–Kier alpha value is -0.870. The van der Waals surface area contributed by atoms with Crippen molar-refractivity contribution in [1.29, 1.82) is 0 Å². The minimum absolute atomic E-state index is 0.0122. The first-order valence-electron chi connectivity index (χ1n) is 5.00. The van der Waals surface area contributed by atoms with Gasteiger partial charge in [-0.15, -0.1) is 30.1 Å². The van der Waals surface area contributed by atoms with Crippen LogP contribution in [-0.4, -0.2) is 17.3 Å². The Balaban J connectivity index is 2.29. The average molecular weight is 252 g/mol. The van der Waals surface area contributed by atoms with E-state index in [0.717, 1.165) is 21.3 Å². The van der Waals surface area contributed by atoms with Gasteiger partial charge in [-0.3, -0.25) is 4.79 Å². The van der Waals surface area contributed by atoms with Gasteiger partial charge in [0.1, 0.15) is 0 Å². The zero-order valence-corrected chi connectivity index (χ0v) is 10.4. The minimum Gasteiger partial charge on any atom is -0.461 e. The van der Waals surface area contributed by atoms with E-state index in [-0.39, 0.29) is 5.78 Å². The van der Waals surface area contributed by atoms with Crippen LogP contribution in [0.5, 0.6) is 0 Å². The van der Waals surface area contributed by atoms with E-state index in [0.29, 0.717) is 12.2 Å². The van der Waals surface area contributed by atoms with Gasteiger partial charge in [-0.05, 0) is 18.6 Å². The van der Waals surface area contributed by atoms with Crippen molar-refractivity contribution in [2.24, 2.45) is 0 Å². The van der Waals surface area contributed by atoms with Crippen molar-refractivity contribution in [2.45, 2.75) is 6.42 Å². The quantitative estimate of drug-likeness (QED) is 0.464. The molecule has 1 saturated heterocycles. The summed E-state index contributed by atoms with van der Waals surface area (Å²) in [6, 6.07) is 3.44. The first-order chi connectivity index (χ1) is 7.83. The fourth-order valence-corrected chi connectivity index (χ4v) is 4.03. The van der Waals surface area contributed by atoms with Crippen LogP contribution in [0.3, 0.4) is 0 Å². The van der Waals surface area contributed by atoms with Gasteiger partial charge in [0.15, 0.2) is 5.76 Å². The van der Waals surface area contributed by atoms with Crippen LogP contribution in [0.15, 0.2) is 45.3 Å². The van der Waals surface area contributed by atoms with Gasteiger partial charge in [-0.25, -0.2) is 0 Å². The van der Waals surface area contributed by atoms with Gasteiger partial charge in [0.25, 0.3) is 0 Å². The molecule has 2 nitrogen and oxygen atoms in total. The van der Waals surface area contributed by atoms with Crippen molar-refractivity contribution in [3.63, 3.8) is 0 Å². The third-order valence-electron chi connectivity index (χ3n) is 2.16. The van der Waals surface area contributed by atoms with Crippen LogP contribution in [0.2, 0.25) is 0 Å². The summed E-state index contributed by atoms with van der Waals surface area (Å²) in [7, 11) is 0. The summed E-state index contributed by atoms with van der Waals surface area (Å²) in [5, 5.41) is 0. The van der Waals surface area contributed by atoms with E-state index >= 15 is 0 Å². The maximum absolute atomic E-state index is 12.2. The third kappa shape index (κ3) is 2.44. The Morgan fingerprint density at radius 2 is 2.25 bits per heavy atom. The van der Waals surface area contributed by atoms with Crippen LogP contribution in [0, 0.1) is 0 Å². The second-order valence-electron chi connectivity index (χ2n) is 3.26. The molecular weight excluding hydrogens is 240 g/mol. The summed E-state index contributed by atoms with van der Waals surface area (Å²) in [6.45, 7) is 3.70. The summed E-state index contributed by atoms with van der Waals surface area (Å²) < 4.78 is 6.27. The summed E-state index contributed by atoms with van der Waals surface area (Å²) in [6.07, 6.45) is 3.90. The molecule has 0 radical (unpaired) electrons. The zero-order valence-electron chi connectivity index (χ0n) is 8.77. The summed E-state index contributed by atoms with van der Waals surface area (Å²) >= 11 is 3.50. The van der Waals surface area contributed by atoms with E-state index in [1.807, 2.05) is 0 Å². The molecule has 0 bridgehead atoms. The van der Waals surface area contributed by atoms with Gasteiger partial charge in [-0.1, -0.05) is 6.08 Å². The molecule has 0 aromatic carbocycles. The highest BCUT2D eigenvalue weighted by Crippen LogP contribution is 2.40. The Bertz CT molecular complexity index is 410. The number of Topliss-reactive ketones (excluding diaryl/α,β-unsaturated/α-hetero) is 1. The second kappa shape index (κ2) is 5.46. The highest BCUT2D eigenvalue weighted by molar-refractivity contribution is 8.25. The lowest BCUT2D eigenvalue weighted by molar-refractivity contribution is 0.100. The highest BCUT2D eigenvalue weighted by atomic mass is 32.2. The van der Waals surface area contributed by atoms with E-state index in [2.05, 4.69) is 6.58 Å². The van der Waals surface area contributed by atoms with Gasteiger partial charge in [0.2, 0.25) is 5.78 Å². The van der Waals surface area contributed by atoms with Crippen molar-refractivity contribution >= 4 is 29.3 Å². The number of furan rings is 1. The molecule has 0 aliphatic carbocycles. The molecule has 1 fully saturated rings. The van der Waals surface area contributed by atoms with Crippen LogP contribution in [0.25, 0.3) is 0 Å². The smallest absolute Gasteiger partial charge is 0.226 e. The lowest BCUT2D eigenvalue weighted by atomic mass is 10.1. The fraction of sp³-hybridized carbons (Fsp3) is 0.250. The van der Waals surface area contributed by atoms with E-state index in [9.17, 15) is 4.79 Å². The maximum atomic E-state index is 12.2. The van der Waals surface area contributed by atoms with Gasteiger partial charge >= 0.3 is 0 Å². The number of rotatable bonds is 4. The molecule has 1 aliphatic heterocycles. The summed E-state index contributed by atoms with van der Waals surface area (Å²) in [4.78, 5) is 12.2. The van der Waals surface area contributed by atoms with E-state index in [1.165, 1.54) is 6.26 Å². The number of hydrogen-bond acceptors (Lipinski definition) is 4. The molecule has 84 valence electrons. The Labute approximate surface area is 103 Å². The first kappa shape index (κ1) is 11.6. The number of ketones is 1. The Kier molecular flexibility index (Phi) is 3.96. The second-order valence-corrected chi connectivity index (χ2v) is 5.73. The molecule has 1 aromatic rings. The van der Waals surface area contributed by atoms with E-state index in [4.69, 9.17) is 4.42 Å². The van der Waals surface area contributed by atoms with Crippen molar-refractivity contribution in [2.75, 3.05) is 11.5 Å². The third-order valence-corrected chi connectivity index (χ3v) is 4.96. The topological polar surface area (TPSA) is 30.2 Å². The number of hydrogen-bond donors (Lipinski definition) is 0. The van der Waals surface area contributed by atoms with E-state index in [1.54, 1.807) is 41.7 Å². The minimum atomic E-state index is -0.0122. The number of allylic oxidation sites excluding steroid dienone is 2. The van der Waals surface area contributed by atoms with Crippen LogP contribution >= 0.6 is 23.5 Å². The van der Waals surface area contributed by atoms with Gasteiger partial charge in [-0.2, -0.15) is 0 Å². The van der Waals surface area contributed by atoms with Crippen LogP contribution in [0.1, 0.15) is 17.0 Å². The van der Waals surface area contributed by atoms with Crippen LogP contribution < -0.4 is 0 Å². The molecule has 1 aromatic heterocycles. The zero-order chi connectivity index (χ0) is 11.4. The van der Waals surface area contributed by atoms with Gasteiger partial charge in [0, 0.05) is 21.3 Å². The predicted octanol–water partition coefficient (Wildman–Crippen LogP) is 3.73. The van der Waals surface area contributed by atoms with Crippen molar-refractivity contribution < 1.29 is 9.21 Å². The fourth-order valence-electron chi connectivity index (χ4n) is 1.45. The highest BCUT2D eigenvalue weighted by Gasteiger charge is 2.21. The molecular formula is C12H12O2S2. The number of carbonyl (C=O) groups is 1. The van der Waals surface area contributed by atoms with Crippen molar-refractivity contribution in [1.82, 2.24) is 0 Å². The molecule has 2 heterocycles. The molecule has 0 spiro atoms. The van der Waals surface area contributed by atoms with Crippen LogP contribution in [-0.2, 0) is 0 Å². The van der Waals surface area contributed by atoms with Crippen molar-refractivity contribution in [3.8, 4) is 0 Å². The van der Waals surface area contributed by atoms with Gasteiger partial charge in [0.05, 0.1) is 6.26 Å². The SMILES string of the molecule is C=CCC(C(=O)c1ccco1)=C1SCCS1. The summed E-state index contributed by atoms with van der Waals surface area (Å²) in [5.74, 6) is 2.55. The average Bonchev–Trinajstić information content (AvgIpc) is 2.96.